The van der Waals surface area contributed by atoms with Gasteiger partial charge < -0.3 is 4.98 Å². The second-order valence-electron chi connectivity index (χ2n) is 4.42. The van der Waals surface area contributed by atoms with Crippen molar-refractivity contribution >= 4 is 22.6 Å². The summed E-state index contributed by atoms with van der Waals surface area (Å²) in [5.41, 5.74) is 4.26. The number of H-pyrrole nitrogens is 1. The van der Waals surface area contributed by atoms with Crippen LogP contribution in [0.15, 0.2) is 47.4 Å². The van der Waals surface area contributed by atoms with E-state index in [9.17, 15) is 4.79 Å². The molecule has 0 radical (unpaired) electrons. The Balaban J connectivity index is 2.23. The number of aromatic amines is 1. The van der Waals surface area contributed by atoms with Crippen LogP contribution in [0.1, 0.15) is 5.56 Å². The fourth-order valence-corrected chi connectivity index (χ4v) is 2.31. The topological polar surface area (TPSA) is 45.8 Å². The summed E-state index contributed by atoms with van der Waals surface area (Å²) in [7, 11) is 0. The van der Waals surface area contributed by atoms with Crippen molar-refractivity contribution in [1.29, 1.82) is 0 Å². The molecule has 0 aliphatic carbocycles. The molecule has 0 bridgehead atoms. The summed E-state index contributed by atoms with van der Waals surface area (Å²) in [5, 5.41) is 0.742. The Hall–Kier alpha value is -2.13. The standard InChI is InChI=1S/C15H11ClN2O/c1-9-3-2-4-11(15(9)16)10-5-6-12-13(7-10)17-8-14(19)18-12/h2-8H,1H3,(H,18,19). The van der Waals surface area contributed by atoms with Crippen molar-refractivity contribution in [3.05, 3.63) is 63.5 Å². The number of nitrogens with one attached hydrogen (secondary N) is 1. The van der Waals surface area contributed by atoms with E-state index < -0.39 is 0 Å². The van der Waals surface area contributed by atoms with Crippen LogP contribution in [0.25, 0.3) is 22.2 Å². The molecule has 1 aromatic heterocycles. The zero-order valence-corrected chi connectivity index (χ0v) is 11.0. The third-order valence-electron chi connectivity index (χ3n) is 3.08. The molecule has 3 aromatic rings. The summed E-state index contributed by atoms with van der Waals surface area (Å²) < 4.78 is 0. The Morgan fingerprint density at radius 2 is 2.05 bits per heavy atom. The lowest BCUT2D eigenvalue weighted by atomic mass is 10.0. The van der Waals surface area contributed by atoms with E-state index >= 15 is 0 Å². The van der Waals surface area contributed by atoms with Gasteiger partial charge in [0.15, 0.2) is 0 Å². The van der Waals surface area contributed by atoms with Crippen LogP contribution in [0, 0.1) is 6.92 Å². The first-order chi connectivity index (χ1) is 9.15. The number of benzene rings is 2. The SMILES string of the molecule is Cc1cccc(-c2ccc3[nH]c(=O)cnc3c2)c1Cl. The van der Waals surface area contributed by atoms with E-state index in [1.54, 1.807) is 0 Å². The number of nitrogens with zero attached hydrogens (tertiary/aromatic N) is 1. The fourth-order valence-electron chi connectivity index (χ4n) is 2.08. The van der Waals surface area contributed by atoms with Gasteiger partial charge in [-0.3, -0.25) is 4.79 Å². The van der Waals surface area contributed by atoms with Gasteiger partial charge in [-0.05, 0) is 30.2 Å². The highest BCUT2D eigenvalue weighted by Crippen LogP contribution is 2.31. The van der Waals surface area contributed by atoms with E-state index in [-0.39, 0.29) is 5.56 Å². The van der Waals surface area contributed by atoms with Crippen molar-refractivity contribution in [3.8, 4) is 11.1 Å². The van der Waals surface area contributed by atoms with E-state index in [1.807, 2.05) is 43.3 Å². The lowest BCUT2D eigenvalue weighted by Crippen LogP contribution is -2.04. The van der Waals surface area contributed by atoms with Gasteiger partial charge in [-0.2, -0.15) is 0 Å². The fraction of sp³-hybridized carbons (Fsp3) is 0.0667. The van der Waals surface area contributed by atoms with Crippen LogP contribution in [0.2, 0.25) is 5.02 Å². The summed E-state index contributed by atoms with van der Waals surface area (Å²) in [5.74, 6) is 0. The number of hydrogen-bond donors (Lipinski definition) is 1. The Morgan fingerprint density at radius 3 is 2.89 bits per heavy atom. The molecule has 0 spiro atoms. The van der Waals surface area contributed by atoms with E-state index in [2.05, 4.69) is 9.97 Å². The molecular formula is C15H11ClN2O. The van der Waals surface area contributed by atoms with Crippen LogP contribution in [0.3, 0.4) is 0 Å². The van der Waals surface area contributed by atoms with Crippen molar-refractivity contribution in [1.82, 2.24) is 9.97 Å². The predicted molar refractivity (Wildman–Crippen MR) is 77.5 cm³/mol. The summed E-state index contributed by atoms with van der Waals surface area (Å²) >= 11 is 6.33. The maximum absolute atomic E-state index is 11.2. The zero-order valence-electron chi connectivity index (χ0n) is 10.3. The first-order valence-electron chi connectivity index (χ1n) is 5.90. The van der Waals surface area contributed by atoms with Crippen LogP contribution >= 0.6 is 11.6 Å². The molecule has 0 aliphatic heterocycles. The molecule has 94 valence electrons. The van der Waals surface area contributed by atoms with Crippen molar-refractivity contribution in [2.45, 2.75) is 6.92 Å². The van der Waals surface area contributed by atoms with Crippen molar-refractivity contribution in [2.24, 2.45) is 0 Å². The molecular weight excluding hydrogens is 260 g/mol. The third-order valence-corrected chi connectivity index (χ3v) is 3.58. The van der Waals surface area contributed by atoms with Crippen LogP contribution in [0.4, 0.5) is 0 Å². The lowest BCUT2D eigenvalue weighted by molar-refractivity contribution is 1.22. The molecule has 0 amide bonds. The highest BCUT2D eigenvalue weighted by atomic mass is 35.5. The molecule has 0 aliphatic rings. The minimum absolute atomic E-state index is 0.200. The number of aryl methyl sites for hydroxylation is 1. The quantitative estimate of drug-likeness (QED) is 0.735. The molecule has 3 rings (SSSR count). The number of aromatic nitrogens is 2. The van der Waals surface area contributed by atoms with Gasteiger partial charge in [0.05, 0.1) is 22.3 Å². The Bertz CT molecular complexity index is 824. The molecule has 3 nitrogen and oxygen atoms in total. The van der Waals surface area contributed by atoms with Gasteiger partial charge >= 0.3 is 0 Å². The Labute approximate surface area is 114 Å². The largest absolute Gasteiger partial charge is 0.319 e. The molecule has 1 N–H and O–H groups in total. The van der Waals surface area contributed by atoms with Gasteiger partial charge in [-0.1, -0.05) is 35.9 Å². The maximum atomic E-state index is 11.2. The predicted octanol–water partition coefficient (Wildman–Crippen LogP) is 3.55. The molecule has 4 heteroatoms. The van der Waals surface area contributed by atoms with Gasteiger partial charge in [0, 0.05) is 5.56 Å². The maximum Gasteiger partial charge on any atom is 0.266 e. The molecule has 0 unspecified atom stereocenters. The highest BCUT2D eigenvalue weighted by Gasteiger charge is 2.06. The number of fused-ring (bicyclic) bond motifs is 1. The molecule has 0 saturated heterocycles. The van der Waals surface area contributed by atoms with E-state index in [0.717, 1.165) is 32.7 Å². The van der Waals surface area contributed by atoms with Crippen LogP contribution < -0.4 is 5.56 Å². The molecule has 2 aromatic carbocycles. The monoisotopic (exact) mass is 270 g/mol. The highest BCUT2D eigenvalue weighted by molar-refractivity contribution is 6.34. The Kier molecular flexibility index (Phi) is 2.84. The zero-order chi connectivity index (χ0) is 13.4. The summed E-state index contributed by atoms with van der Waals surface area (Å²) in [4.78, 5) is 18.1. The Morgan fingerprint density at radius 1 is 1.21 bits per heavy atom. The smallest absolute Gasteiger partial charge is 0.266 e. The van der Waals surface area contributed by atoms with Crippen LogP contribution in [0.5, 0.6) is 0 Å². The van der Waals surface area contributed by atoms with Gasteiger partial charge in [0.25, 0.3) is 5.56 Å². The lowest BCUT2D eigenvalue weighted by Gasteiger charge is -2.07. The minimum Gasteiger partial charge on any atom is -0.319 e. The third kappa shape index (κ3) is 2.13. The van der Waals surface area contributed by atoms with Gasteiger partial charge in [-0.15, -0.1) is 0 Å². The van der Waals surface area contributed by atoms with Crippen molar-refractivity contribution in [2.75, 3.05) is 0 Å². The molecule has 1 heterocycles. The van der Waals surface area contributed by atoms with E-state index in [4.69, 9.17) is 11.6 Å². The average molecular weight is 271 g/mol. The first kappa shape index (κ1) is 11.9. The molecule has 0 saturated carbocycles. The number of halogens is 1. The summed E-state index contributed by atoms with van der Waals surface area (Å²) in [6, 6.07) is 11.6. The van der Waals surface area contributed by atoms with Gasteiger partial charge in [0.1, 0.15) is 0 Å². The summed E-state index contributed by atoms with van der Waals surface area (Å²) in [6.07, 6.45) is 1.28. The van der Waals surface area contributed by atoms with Crippen LogP contribution in [-0.2, 0) is 0 Å². The number of hydrogen-bond acceptors (Lipinski definition) is 2. The normalized spacial score (nSPS) is 10.8. The van der Waals surface area contributed by atoms with E-state index in [0.29, 0.717) is 0 Å². The molecule has 0 fully saturated rings. The van der Waals surface area contributed by atoms with Crippen molar-refractivity contribution < 1.29 is 0 Å². The number of rotatable bonds is 1. The average Bonchev–Trinajstić information content (AvgIpc) is 2.41. The van der Waals surface area contributed by atoms with Gasteiger partial charge in [0.2, 0.25) is 0 Å². The molecule has 0 atom stereocenters. The first-order valence-corrected chi connectivity index (χ1v) is 6.27. The second-order valence-corrected chi connectivity index (χ2v) is 4.79. The van der Waals surface area contributed by atoms with Crippen molar-refractivity contribution in [3.63, 3.8) is 0 Å². The van der Waals surface area contributed by atoms with E-state index in [1.165, 1.54) is 6.20 Å². The second kappa shape index (κ2) is 4.52. The summed E-state index contributed by atoms with van der Waals surface area (Å²) in [6.45, 7) is 1.97. The molecule has 19 heavy (non-hydrogen) atoms. The minimum atomic E-state index is -0.200. The van der Waals surface area contributed by atoms with Gasteiger partial charge in [-0.25, -0.2) is 4.98 Å². The van der Waals surface area contributed by atoms with Crippen LogP contribution in [-0.4, -0.2) is 9.97 Å².